The van der Waals surface area contributed by atoms with Gasteiger partial charge in [-0.15, -0.1) is 0 Å². The van der Waals surface area contributed by atoms with Crippen LogP contribution in [0, 0.1) is 6.92 Å². The van der Waals surface area contributed by atoms with Crippen LogP contribution in [0.5, 0.6) is 0 Å². The Morgan fingerprint density at radius 3 is 2.48 bits per heavy atom. The predicted molar refractivity (Wildman–Crippen MR) is 84.9 cm³/mol. The number of benzene rings is 1. The molecule has 1 amide bonds. The van der Waals surface area contributed by atoms with Gasteiger partial charge in [-0.25, -0.2) is 8.42 Å². The van der Waals surface area contributed by atoms with Crippen LogP contribution in [-0.4, -0.2) is 26.1 Å². The van der Waals surface area contributed by atoms with E-state index in [9.17, 15) is 13.2 Å². The third-order valence-corrected chi connectivity index (χ3v) is 4.95. The summed E-state index contributed by atoms with van der Waals surface area (Å²) >= 11 is 0. The fourth-order valence-electron chi connectivity index (χ4n) is 2.39. The molecule has 5 heteroatoms. The zero-order valence-corrected chi connectivity index (χ0v) is 13.3. The Labute approximate surface area is 126 Å². The lowest BCUT2D eigenvalue weighted by atomic mass is 10.1. The van der Waals surface area contributed by atoms with E-state index in [1.54, 1.807) is 11.0 Å². The molecule has 21 heavy (non-hydrogen) atoms. The summed E-state index contributed by atoms with van der Waals surface area (Å²) in [6.07, 6.45) is 3.80. The number of unbranched alkanes of at least 4 members (excludes halogenated alkanes) is 1. The third kappa shape index (κ3) is 3.94. The molecule has 0 N–H and O–H groups in total. The normalized spacial score (nSPS) is 19.6. The van der Waals surface area contributed by atoms with E-state index in [1.165, 1.54) is 5.41 Å². The molecule has 1 aliphatic rings. The Morgan fingerprint density at radius 1 is 1.29 bits per heavy atom. The SMILES string of the molecule is CCCCC(=O)N(c1ccc(C)cc1)[C@@H]1C=CS(=O)(=O)C1. The maximum absolute atomic E-state index is 12.5. The topological polar surface area (TPSA) is 54.5 Å². The predicted octanol–water partition coefficient (Wildman–Crippen LogP) is 2.83. The van der Waals surface area contributed by atoms with E-state index in [0.717, 1.165) is 24.1 Å². The van der Waals surface area contributed by atoms with E-state index < -0.39 is 15.9 Å². The van der Waals surface area contributed by atoms with Crippen molar-refractivity contribution < 1.29 is 13.2 Å². The second-order valence-corrected chi connectivity index (χ2v) is 7.36. The molecule has 1 atom stereocenters. The van der Waals surface area contributed by atoms with Crippen LogP contribution in [0.2, 0.25) is 0 Å². The second-order valence-electron chi connectivity index (χ2n) is 5.43. The number of aryl methyl sites for hydroxylation is 1. The largest absolute Gasteiger partial charge is 0.304 e. The van der Waals surface area contributed by atoms with Crippen LogP contribution in [0.15, 0.2) is 35.7 Å². The molecule has 0 unspecified atom stereocenters. The molecule has 0 bridgehead atoms. The van der Waals surface area contributed by atoms with Crippen LogP contribution in [0.25, 0.3) is 0 Å². The molecule has 0 saturated carbocycles. The quantitative estimate of drug-likeness (QED) is 0.840. The van der Waals surface area contributed by atoms with Crippen LogP contribution in [0.3, 0.4) is 0 Å². The van der Waals surface area contributed by atoms with Crippen molar-refractivity contribution in [3.63, 3.8) is 0 Å². The minimum absolute atomic E-state index is 0.0209. The highest BCUT2D eigenvalue weighted by atomic mass is 32.2. The molecule has 4 nitrogen and oxygen atoms in total. The highest BCUT2D eigenvalue weighted by Gasteiger charge is 2.30. The Bertz CT molecular complexity index is 632. The smallest absolute Gasteiger partial charge is 0.227 e. The molecular weight excluding hydrogens is 286 g/mol. The van der Waals surface area contributed by atoms with E-state index >= 15 is 0 Å². The molecule has 0 fully saturated rings. The number of carbonyl (C=O) groups excluding carboxylic acids is 1. The third-order valence-electron chi connectivity index (χ3n) is 3.57. The van der Waals surface area contributed by atoms with Crippen LogP contribution >= 0.6 is 0 Å². The summed E-state index contributed by atoms with van der Waals surface area (Å²) in [6, 6.07) is 7.21. The van der Waals surface area contributed by atoms with E-state index in [4.69, 9.17) is 0 Å². The highest BCUT2D eigenvalue weighted by Crippen LogP contribution is 2.24. The van der Waals surface area contributed by atoms with Gasteiger partial charge in [0.15, 0.2) is 9.84 Å². The number of amides is 1. The summed E-state index contributed by atoms with van der Waals surface area (Å²) in [5, 5.41) is 1.21. The molecule has 114 valence electrons. The van der Waals surface area contributed by atoms with Crippen LogP contribution in [0.1, 0.15) is 31.7 Å². The monoisotopic (exact) mass is 307 g/mol. The number of anilines is 1. The first kappa shape index (κ1) is 15.8. The molecular formula is C16H21NO3S. The molecule has 1 aromatic rings. The summed E-state index contributed by atoms with van der Waals surface area (Å²) < 4.78 is 23.3. The molecule has 1 heterocycles. The fraction of sp³-hybridized carbons (Fsp3) is 0.438. The van der Waals surface area contributed by atoms with Gasteiger partial charge in [-0.05, 0) is 31.6 Å². The van der Waals surface area contributed by atoms with Gasteiger partial charge in [0.2, 0.25) is 5.91 Å². The van der Waals surface area contributed by atoms with Crippen LogP contribution < -0.4 is 4.90 Å². The second kappa shape index (κ2) is 6.43. The van der Waals surface area contributed by atoms with Gasteiger partial charge in [0, 0.05) is 17.5 Å². The lowest BCUT2D eigenvalue weighted by Crippen LogP contribution is -2.41. The fourth-order valence-corrected chi connectivity index (χ4v) is 3.66. The number of rotatable bonds is 5. The Kier molecular flexibility index (Phi) is 4.83. The molecule has 0 spiro atoms. The van der Waals surface area contributed by atoms with Gasteiger partial charge < -0.3 is 4.90 Å². The maximum atomic E-state index is 12.5. The standard InChI is InChI=1S/C16H21NO3S/c1-3-4-5-16(18)17(14-8-6-13(2)7-9-14)15-10-11-21(19,20)12-15/h6-11,15H,3-5,12H2,1-2H3/t15-/m1/s1. The van der Waals surface area contributed by atoms with Gasteiger partial charge in [0.05, 0.1) is 11.8 Å². The van der Waals surface area contributed by atoms with Crippen molar-refractivity contribution in [2.45, 2.75) is 39.2 Å². The van der Waals surface area contributed by atoms with Crippen molar-refractivity contribution in [1.29, 1.82) is 0 Å². The number of hydrogen-bond donors (Lipinski definition) is 0. The van der Waals surface area contributed by atoms with E-state index in [-0.39, 0.29) is 11.7 Å². The lowest BCUT2D eigenvalue weighted by Gasteiger charge is -2.28. The summed E-state index contributed by atoms with van der Waals surface area (Å²) in [5.41, 5.74) is 1.86. The maximum Gasteiger partial charge on any atom is 0.227 e. The number of sulfone groups is 1. The lowest BCUT2D eigenvalue weighted by molar-refractivity contribution is -0.118. The first-order chi connectivity index (χ1) is 9.93. The van der Waals surface area contributed by atoms with Gasteiger partial charge in [-0.1, -0.05) is 31.0 Å². The Morgan fingerprint density at radius 2 is 1.95 bits per heavy atom. The zero-order chi connectivity index (χ0) is 15.5. The van der Waals surface area contributed by atoms with Gasteiger partial charge in [-0.3, -0.25) is 4.79 Å². The average Bonchev–Trinajstić information content (AvgIpc) is 2.79. The van der Waals surface area contributed by atoms with Crippen LogP contribution in [0.4, 0.5) is 5.69 Å². The zero-order valence-electron chi connectivity index (χ0n) is 12.5. The Hall–Kier alpha value is -1.62. The number of hydrogen-bond acceptors (Lipinski definition) is 3. The molecule has 1 aromatic carbocycles. The molecule has 0 radical (unpaired) electrons. The average molecular weight is 307 g/mol. The molecule has 0 aliphatic carbocycles. The van der Waals surface area contributed by atoms with Gasteiger partial charge >= 0.3 is 0 Å². The molecule has 0 saturated heterocycles. The van der Waals surface area contributed by atoms with Crippen LogP contribution in [-0.2, 0) is 14.6 Å². The summed E-state index contributed by atoms with van der Waals surface area (Å²) in [5.74, 6) is -0.0499. The van der Waals surface area contributed by atoms with Gasteiger partial charge in [0.25, 0.3) is 0 Å². The van der Waals surface area contributed by atoms with Gasteiger partial charge in [-0.2, -0.15) is 0 Å². The summed E-state index contributed by atoms with van der Waals surface area (Å²) in [6.45, 7) is 4.01. The number of nitrogens with zero attached hydrogens (tertiary/aromatic N) is 1. The van der Waals surface area contributed by atoms with Crippen molar-refractivity contribution in [1.82, 2.24) is 0 Å². The summed E-state index contributed by atoms with van der Waals surface area (Å²) in [7, 11) is -3.19. The van der Waals surface area contributed by atoms with Crippen molar-refractivity contribution >= 4 is 21.4 Å². The molecule has 1 aliphatic heterocycles. The van der Waals surface area contributed by atoms with Crippen molar-refractivity contribution in [2.75, 3.05) is 10.7 Å². The summed E-state index contributed by atoms with van der Waals surface area (Å²) in [4.78, 5) is 14.1. The van der Waals surface area contributed by atoms with E-state index in [0.29, 0.717) is 6.42 Å². The first-order valence-corrected chi connectivity index (χ1v) is 8.94. The first-order valence-electron chi connectivity index (χ1n) is 7.22. The van der Waals surface area contributed by atoms with Crippen molar-refractivity contribution in [3.05, 3.63) is 41.3 Å². The van der Waals surface area contributed by atoms with E-state index in [2.05, 4.69) is 0 Å². The highest BCUT2D eigenvalue weighted by molar-refractivity contribution is 7.94. The van der Waals surface area contributed by atoms with Crippen molar-refractivity contribution in [2.24, 2.45) is 0 Å². The minimum atomic E-state index is -3.19. The number of carbonyl (C=O) groups is 1. The molecule has 2 rings (SSSR count). The Balaban J connectivity index is 2.29. The molecule has 0 aromatic heterocycles. The van der Waals surface area contributed by atoms with Gasteiger partial charge in [0.1, 0.15) is 0 Å². The minimum Gasteiger partial charge on any atom is -0.304 e. The van der Waals surface area contributed by atoms with Crippen molar-refractivity contribution in [3.8, 4) is 0 Å². The van der Waals surface area contributed by atoms with E-state index in [1.807, 2.05) is 38.1 Å².